The molecule has 2 rings (SSSR count). The zero-order valence-corrected chi connectivity index (χ0v) is 11.3. The molecule has 0 saturated carbocycles. The monoisotopic (exact) mass is 272 g/mol. The van der Waals surface area contributed by atoms with Crippen LogP contribution in [0.4, 0.5) is 10.1 Å². The molecule has 1 fully saturated rings. The van der Waals surface area contributed by atoms with Gasteiger partial charge in [-0.05, 0) is 31.2 Å². The number of nitrogens with zero attached hydrogens (tertiary/aromatic N) is 1. The Hall–Kier alpha value is -1.14. The number of hydrogen-bond acceptors (Lipinski definition) is 4. The maximum atomic E-state index is 14.0. The average molecular weight is 272 g/mol. The van der Waals surface area contributed by atoms with Crippen molar-refractivity contribution >= 4 is 15.5 Å². The highest BCUT2D eigenvalue weighted by Crippen LogP contribution is 2.24. The Morgan fingerprint density at radius 1 is 1.44 bits per heavy atom. The first kappa shape index (κ1) is 13.3. The van der Waals surface area contributed by atoms with Crippen LogP contribution in [0.2, 0.25) is 0 Å². The van der Waals surface area contributed by atoms with E-state index in [2.05, 4.69) is 5.32 Å². The molecule has 1 aromatic carbocycles. The number of nitrogens with one attached hydrogen (secondary N) is 1. The van der Waals surface area contributed by atoms with Gasteiger partial charge in [-0.15, -0.1) is 0 Å². The van der Waals surface area contributed by atoms with E-state index in [0.717, 1.165) is 31.8 Å². The third kappa shape index (κ3) is 2.64. The fraction of sp³-hybridized carbons (Fsp3) is 0.500. The van der Waals surface area contributed by atoms with Crippen molar-refractivity contribution in [2.45, 2.75) is 17.4 Å². The highest BCUT2D eigenvalue weighted by Gasteiger charge is 2.22. The second-order valence-electron chi connectivity index (χ2n) is 4.64. The standard InChI is InChI=1S/C12H17FN2O2S/c1-15(9-5-6-14-8-9)12-4-3-10(7-11(12)13)18(2,16)17/h3-4,7,9,14H,5-6,8H2,1-2H3. The Balaban J connectivity index is 2.29. The van der Waals surface area contributed by atoms with E-state index in [1.54, 1.807) is 0 Å². The van der Waals surface area contributed by atoms with Crippen LogP contribution in [0.25, 0.3) is 0 Å². The van der Waals surface area contributed by atoms with E-state index in [-0.39, 0.29) is 10.9 Å². The van der Waals surface area contributed by atoms with Crippen LogP contribution >= 0.6 is 0 Å². The van der Waals surface area contributed by atoms with Crippen molar-refractivity contribution in [1.82, 2.24) is 5.32 Å². The lowest BCUT2D eigenvalue weighted by atomic mass is 10.2. The Morgan fingerprint density at radius 3 is 2.67 bits per heavy atom. The number of hydrogen-bond donors (Lipinski definition) is 1. The lowest BCUT2D eigenvalue weighted by molar-refractivity contribution is 0.589. The Kier molecular flexibility index (Phi) is 3.59. The molecule has 0 bridgehead atoms. The molecule has 1 aliphatic rings. The van der Waals surface area contributed by atoms with E-state index in [9.17, 15) is 12.8 Å². The van der Waals surface area contributed by atoms with Crippen molar-refractivity contribution < 1.29 is 12.8 Å². The first-order valence-electron chi connectivity index (χ1n) is 5.83. The highest BCUT2D eigenvalue weighted by molar-refractivity contribution is 7.90. The summed E-state index contributed by atoms with van der Waals surface area (Å²) in [7, 11) is -1.53. The van der Waals surface area contributed by atoms with Crippen molar-refractivity contribution in [3.8, 4) is 0 Å². The first-order valence-corrected chi connectivity index (χ1v) is 7.72. The lowest BCUT2D eigenvalue weighted by Crippen LogP contribution is -2.33. The molecule has 18 heavy (non-hydrogen) atoms. The Bertz CT molecular complexity index is 539. The quantitative estimate of drug-likeness (QED) is 0.893. The van der Waals surface area contributed by atoms with Crippen LogP contribution in [-0.4, -0.2) is 40.9 Å². The van der Waals surface area contributed by atoms with Crippen molar-refractivity contribution in [3.05, 3.63) is 24.0 Å². The van der Waals surface area contributed by atoms with Crippen molar-refractivity contribution in [1.29, 1.82) is 0 Å². The lowest BCUT2D eigenvalue weighted by Gasteiger charge is -2.26. The van der Waals surface area contributed by atoms with E-state index in [0.29, 0.717) is 5.69 Å². The Morgan fingerprint density at radius 2 is 2.17 bits per heavy atom. The largest absolute Gasteiger partial charge is 0.368 e. The fourth-order valence-corrected chi connectivity index (χ4v) is 2.80. The van der Waals surface area contributed by atoms with Gasteiger partial charge in [-0.3, -0.25) is 0 Å². The van der Waals surface area contributed by atoms with Crippen LogP contribution in [0.1, 0.15) is 6.42 Å². The number of anilines is 1. The molecule has 1 aliphatic heterocycles. The zero-order valence-electron chi connectivity index (χ0n) is 10.5. The van der Waals surface area contributed by atoms with E-state index in [1.165, 1.54) is 12.1 Å². The van der Waals surface area contributed by atoms with Crippen LogP contribution in [0.3, 0.4) is 0 Å². The fourth-order valence-electron chi connectivity index (χ4n) is 2.17. The summed E-state index contributed by atoms with van der Waals surface area (Å²) in [5.74, 6) is -0.493. The summed E-state index contributed by atoms with van der Waals surface area (Å²) in [5, 5.41) is 3.22. The Labute approximate surface area is 107 Å². The summed E-state index contributed by atoms with van der Waals surface area (Å²) in [6.07, 6.45) is 2.04. The van der Waals surface area contributed by atoms with Crippen LogP contribution in [0.5, 0.6) is 0 Å². The molecule has 1 heterocycles. The van der Waals surface area contributed by atoms with Gasteiger partial charge in [0.2, 0.25) is 0 Å². The second-order valence-corrected chi connectivity index (χ2v) is 6.66. The van der Waals surface area contributed by atoms with Crippen molar-refractivity contribution in [2.24, 2.45) is 0 Å². The molecule has 1 aromatic rings. The third-order valence-corrected chi connectivity index (χ3v) is 4.42. The number of sulfone groups is 1. The second kappa shape index (κ2) is 4.85. The molecule has 1 saturated heterocycles. The molecule has 0 radical (unpaired) electrons. The molecule has 0 amide bonds. The van der Waals surface area contributed by atoms with E-state index < -0.39 is 15.7 Å². The van der Waals surface area contributed by atoms with Crippen molar-refractivity contribution in [2.75, 3.05) is 31.3 Å². The molecule has 0 aliphatic carbocycles. The number of halogens is 1. The third-order valence-electron chi connectivity index (χ3n) is 3.31. The topological polar surface area (TPSA) is 49.4 Å². The molecule has 1 N–H and O–H groups in total. The van der Waals surface area contributed by atoms with E-state index in [1.807, 2.05) is 11.9 Å². The SMILES string of the molecule is CN(c1ccc(S(C)(=O)=O)cc1F)C1CCNC1. The van der Waals surface area contributed by atoms with Gasteiger partial charge in [-0.1, -0.05) is 0 Å². The highest BCUT2D eigenvalue weighted by atomic mass is 32.2. The average Bonchev–Trinajstić information content (AvgIpc) is 2.80. The minimum atomic E-state index is -3.36. The summed E-state index contributed by atoms with van der Waals surface area (Å²) >= 11 is 0. The molecule has 0 spiro atoms. The van der Waals surface area contributed by atoms with Crippen LogP contribution < -0.4 is 10.2 Å². The van der Waals surface area contributed by atoms with E-state index >= 15 is 0 Å². The number of likely N-dealkylation sites (N-methyl/N-ethyl adjacent to an activating group) is 1. The summed E-state index contributed by atoms with van der Waals surface area (Å²) in [6.45, 7) is 1.75. The maximum Gasteiger partial charge on any atom is 0.175 e. The van der Waals surface area contributed by atoms with Crippen LogP contribution in [0, 0.1) is 5.82 Å². The summed E-state index contributed by atoms with van der Waals surface area (Å²) in [4.78, 5) is 1.88. The van der Waals surface area contributed by atoms with Gasteiger partial charge in [-0.2, -0.15) is 0 Å². The van der Waals surface area contributed by atoms with Gasteiger partial charge in [0.05, 0.1) is 10.6 Å². The molecule has 0 aromatic heterocycles. The number of rotatable bonds is 3. The van der Waals surface area contributed by atoms with E-state index in [4.69, 9.17) is 0 Å². The van der Waals surface area contributed by atoms with Gasteiger partial charge in [0.1, 0.15) is 5.82 Å². The molecule has 100 valence electrons. The normalized spacial score (nSPS) is 20.1. The predicted octanol–water partition coefficient (Wildman–Crippen LogP) is 1.03. The molecule has 1 unspecified atom stereocenters. The van der Waals surface area contributed by atoms with Gasteiger partial charge >= 0.3 is 0 Å². The molecule has 1 atom stereocenters. The van der Waals surface area contributed by atoms with Crippen LogP contribution in [0.15, 0.2) is 23.1 Å². The van der Waals surface area contributed by atoms with Gasteiger partial charge in [0.25, 0.3) is 0 Å². The van der Waals surface area contributed by atoms with Gasteiger partial charge in [0.15, 0.2) is 9.84 Å². The molecule has 4 nitrogen and oxygen atoms in total. The summed E-state index contributed by atoms with van der Waals surface area (Å²) in [5.41, 5.74) is 0.441. The zero-order chi connectivity index (χ0) is 13.3. The van der Waals surface area contributed by atoms with Gasteiger partial charge in [0, 0.05) is 25.9 Å². The number of benzene rings is 1. The van der Waals surface area contributed by atoms with Crippen LogP contribution in [-0.2, 0) is 9.84 Å². The molecular formula is C12H17FN2O2S. The van der Waals surface area contributed by atoms with Gasteiger partial charge in [-0.25, -0.2) is 12.8 Å². The molecule has 6 heteroatoms. The molecular weight excluding hydrogens is 255 g/mol. The maximum absolute atomic E-state index is 14.0. The summed E-state index contributed by atoms with van der Waals surface area (Å²) in [6, 6.07) is 4.32. The predicted molar refractivity (Wildman–Crippen MR) is 69.2 cm³/mol. The van der Waals surface area contributed by atoms with Gasteiger partial charge < -0.3 is 10.2 Å². The minimum absolute atomic E-state index is 0.0155. The summed E-state index contributed by atoms with van der Waals surface area (Å²) < 4.78 is 36.6. The minimum Gasteiger partial charge on any atom is -0.368 e. The first-order chi connectivity index (χ1) is 8.39. The van der Waals surface area contributed by atoms with Crippen molar-refractivity contribution in [3.63, 3.8) is 0 Å². The smallest absolute Gasteiger partial charge is 0.175 e.